The number of nitrogens with zero attached hydrogens (tertiary/aromatic N) is 4. The van der Waals surface area contributed by atoms with Crippen LogP contribution in [-0.4, -0.2) is 38.3 Å². The SMILES string of the molecule is CCOC(=O)C1=C(C(F)(F)F)N=c2s/c(=C\c3cc([N+](=O)[O-])c(O)c([N+](=O)[O-])c3)c(=O)n2[C@@H]1c1ccc(Cl)cc1. The van der Waals surface area contributed by atoms with E-state index in [0.29, 0.717) is 11.3 Å². The van der Waals surface area contributed by atoms with Crippen molar-refractivity contribution in [3.8, 4) is 5.75 Å². The first-order valence-corrected chi connectivity index (χ1v) is 12.2. The van der Waals surface area contributed by atoms with E-state index in [1.165, 1.54) is 31.2 Å². The largest absolute Gasteiger partial charge is 0.497 e. The van der Waals surface area contributed by atoms with Crippen molar-refractivity contribution in [2.45, 2.75) is 19.1 Å². The molecule has 1 atom stereocenters. The first kappa shape index (κ1) is 28.4. The Kier molecular flexibility index (Phi) is 7.49. The molecule has 0 radical (unpaired) electrons. The Morgan fingerprint density at radius 3 is 2.27 bits per heavy atom. The summed E-state index contributed by atoms with van der Waals surface area (Å²) in [6, 6.07) is 5.17. The number of alkyl halides is 3. The molecule has 1 aromatic heterocycles. The molecule has 0 bridgehead atoms. The topological polar surface area (TPSA) is 167 Å². The van der Waals surface area contributed by atoms with Gasteiger partial charge in [0.05, 0.1) is 32.6 Å². The predicted octanol–water partition coefficient (Wildman–Crippen LogP) is 3.52. The standard InChI is InChI=1S/C23H14ClF3N4O8S/c1-2-39-21(34)16-17(11-3-5-12(24)6-4-11)29-20(33)15(40-22(29)28-19(16)23(25,26)27)9-10-7-13(30(35)36)18(32)14(8-10)31(37)38/h3-9,17,32H,2H2,1H3/b15-9-/t17-/m1/s1. The summed E-state index contributed by atoms with van der Waals surface area (Å²) < 4.78 is 47.8. The number of ether oxygens (including phenoxy) is 1. The van der Waals surface area contributed by atoms with Crippen LogP contribution in [0.3, 0.4) is 0 Å². The Morgan fingerprint density at radius 2 is 1.77 bits per heavy atom. The molecular formula is C23H14ClF3N4O8S. The molecule has 2 heterocycles. The Labute approximate surface area is 228 Å². The number of carbonyl (C=O) groups excluding carboxylic acids is 1. The number of fused-ring (bicyclic) bond motifs is 1. The fraction of sp³-hybridized carbons (Fsp3) is 0.174. The van der Waals surface area contributed by atoms with Crippen LogP contribution in [0.5, 0.6) is 5.75 Å². The van der Waals surface area contributed by atoms with Crippen LogP contribution in [0.4, 0.5) is 24.5 Å². The number of benzene rings is 2. The molecule has 0 saturated carbocycles. The first-order chi connectivity index (χ1) is 18.7. The van der Waals surface area contributed by atoms with E-state index in [1.54, 1.807) is 0 Å². The summed E-state index contributed by atoms with van der Waals surface area (Å²) >= 11 is 6.37. The number of thiazole rings is 1. The first-order valence-electron chi connectivity index (χ1n) is 11.0. The van der Waals surface area contributed by atoms with Crippen LogP contribution >= 0.6 is 22.9 Å². The number of rotatable bonds is 6. The normalized spacial score (nSPS) is 15.4. The van der Waals surface area contributed by atoms with E-state index in [-0.39, 0.29) is 27.3 Å². The van der Waals surface area contributed by atoms with E-state index in [4.69, 9.17) is 16.3 Å². The quantitative estimate of drug-likeness (QED) is 0.255. The highest BCUT2D eigenvalue weighted by Gasteiger charge is 2.45. The molecule has 0 unspecified atom stereocenters. The third-order valence-corrected chi connectivity index (χ3v) is 6.80. The van der Waals surface area contributed by atoms with Gasteiger partial charge in [-0.3, -0.25) is 29.6 Å². The molecule has 3 aromatic rings. The summed E-state index contributed by atoms with van der Waals surface area (Å²) in [4.78, 5) is 49.9. The fourth-order valence-corrected chi connectivity index (χ4v) is 5.07. The molecule has 0 amide bonds. The zero-order valence-corrected chi connectivity index (χ0v) is 21.4. The fourth-order valence-electron chi connectivity index (χ4n) is 3.94. The summed E-state index contributed by atoms with van der Waals surface area (Å²) in [5.41, 5.74) is -5.77. The van der Waals surface area contributed by atoms with Gasteiger partial charge in [0, 0.05) is 17.2 Å². The number of esters is 1. The van der Waals surface area contributed by atoms with E-state index in [9.17, 15) is 48.1 Å². The molecule has 0 fully saturated rings. The molecular weight excluding hydrogens is 585 g/mol. The lowest BCUT2D eigenvalue weighted by Crippen LogP contribution is -2.41. The lowest BCUT2D eigenvalue weighted by atomic mass is 9.95. The lowest BCUT2D eigenvalue weighted by molar-refractivity contribution is -0.396. The van der Waals surface area contributed by atoms with Crippen molar-refractivity contribution in [1.29, 1.82) is 0 Å². The van der Waals surface area contributed by atoms with E-state index >= 15 is 0 Å². The number of allylic oxidation sites excluding steroid dienone is 1. The van der Waals surface area contributed by atoms with Crippen LogP contribution in [-0.2, 0) is 9.53 Å². The number of halogens is 4. The Morgan fingerprint density at radius 1 is 1.20 bits per heavy atom. The number of nitro benzene ring substituents is 2. The summed E-state index contributed by atoms with van der Waals surface area (Å²) in [6.07, 6.45) is -4.18. The van der Waals surface area contributed by atoms with Gasteiger partial charge < -0.3 is 9.84 Å². The van der Waals surface area contributed by atoms with Gasteiger partial charge in [0.15, 0.2) is 10.5 Å². The number of hydrogen-bond acceptors (Lipinski definition) is 10. The van der Waals surface area contributed by atoms with Gasteiger partial charge in [-0.2, -0.15) is 13.2 Å². The van der Waals surface area contributed by atoms with Crippen molar-refractivity contribution >= 4 is 46.4 Å². The minimum Gasteiger partial charge on any atom is -0.497 e. The van der Waals surface area contributed by atoms with Crippen LogP contribution in [0, 0.1) is 20.2 Å². The zero-order valence-electron chi connectivity index (χ0n) is 19.8. The Bertz CT molecular complexity index is 1750. The molecule has 17 heteroatoms. The van der Waals surface area contributed by atoms with Crippen LogP contribution in [0.15, 0.2) is 57.5 Å². The minimum atomic E-state index is -5.14. The molecule has 208 valence electrons. The van der Waals surface area contributed by atoms with Gasteiger partial charge in [0.1, 0.15) is 0 Å². The number of phenolic OH excluding ortho intramolecular Hbond substituents is 1. The molecule has 0 spiro atoms. The molecule has 2 aromatic carbocycles. The maximum atomic E-state index is 14.1. The van der Waals surface area contributed by atoms with Crippen LogP contribution in [0.2, 0.25) is 5.02 Å². The summed E-state index contributed by atoms with van der Waals surface area (Å²) in [6.45, 7) is 1.11. The van der Waals surface area contributed by atoms with Crippen LogP contribution < -0.4 is 14.9 Å². The van der Waals surface area contributed by atoms with E-state index in [2.05, 4.69) is 4.99 Å². The molecule has 4 rings (SSSR count). The predicted molar refractivity (Wildman–Crippen MR) is 134 cm³/mol. The van der Waals surface area contributed by atoms with Gasteiger partial charge in [-0.25, -0.2) is 9.79 Å². The third kappa shape index (κ3) is 5.17. The van der Waals surface area contributed by atoms with Gasteiger partial charge in [-0.15, -0.1) is 0 Å². The molecule has 0 saturated heterocycles. The van der Waals surface area contributed by atoms with E-state index < -0.39 is 66.8 Å². The lowest BCUT2D eigenvalue weighted by Gasteiger charge is -2.26. The third-order valence-electron chi connectivity index (χ3n) is 5.56. The second-order valence-electron chi connectivity index (χ2n) is 8.04. The molecule has 1 aliphatic heterocycles. The Hall–Kier alpha value is -4.57. The minimum absolute atomic E-state index is 0.0627. The van der Waals surface area contributed by atoms with Crippen molar-refractivity contribution in [3.05, 3.63) is 104 Å². The molecule has 0 aliphatic carbocycles. The van der Waals surface area contributed by atoms with Crippen molar-refractivity contribution in [2.24, 2.45) is 4.99 Å². The van der Waals surface area contributed by atoms with Gasteiger partial charge in [-0.1, -0.05) is 35.1 Å². The number of hydrogen-bond donors (Lipinski definition) is 1. The summed E-state index contributed by atoms with van der Waals surface area (Å²) in [5.74, 6) is -2.58. The van der Waals surface area contributed by atoms with Crippen molar-refractivity contribution < 1.29 is 37.7 Å². The van der Waals surface area contributed by atoms with Gasteiger partial charge in [-0.05, 0) is 36.3 Å². The average Bonchev–Trinajstić information content (AvgIpc) is 3.18. The van der Waals surface area contributed by atoms with Crippen LogP contribution in [0.1, 0.15) is 24.1 Å². The number of aromatic nitrogens is 1. The smallest absolute Gasteiger partial charge is 0.434 e. The van der Waals surface area contributed by atoms with Crippen LogP contribution in [0.25, 0.3) is 6.08 Å². The van der Waals surface area contributed by atoms with Gasteiger partial charge in [0.25, 0.3) is 11.3 Å². The maximum Gasteiger partial charge on any atom is 0.434 e. The summed E-state index contributed by atoms with van der Waals surface area (Å²) in [7, 11) is 0. The maximum absolute atomic E-state index is 14.1. The summed E-state index contributed by atoms with van der Waals surface area (Å²) in [5, 5.41) is 32.7. The highest BCUT2D eigenvalue weighted by molar-refractivity contribution is 7.07. The van der Waals surface area contributed by atoms with E-state index in [1.807, 2.05) is 0 Å². The average molecular weight is 599 g/mol. The number of aromatic hydroxyl groups is 1. The van der Waals surface area contributed by atoms with Crippen molar-refractivity contribution in [1.82, 2.24) is 4.57 Å². The van der Waals surface area contributed by atoms with Gasteiger partial charge >= 0.3 is 23.5 Å². The highest BCUT2D eigenvalue weighted by Crippen LogP contribution is 2.39. The Balaban J connectivity index is 2.06. The zero-order chi connectivity index (χ0) is 29.5. The highest BCUT2D eigenvalue weighted by atomic mass is 35.5. The number of carbonyl (C=O) groups is 1. The number of phenols is 1. The van der Waals surface area contributed by atoms with Crippen molar-refractivity contribution in [3.63, 3.8) is 0 Å². The molecule has 40 heavy (non-hydrogen) atoms. The van der Waals surface area contributed by atoms with Crippen molar-refractivity contribution in [2.75, 3.05) is 6.61 Å². The number of nitro groups is 2. The molecule has 1 aliphatic rings. The van der Waals surface area contributed by atoms with E-state index in [0.717, 1.165) is 22.8 Å². The molecule has 1 N–H and O–H groups in total. The second kappa shape index (κ2) is 10.5. The van der Waals surface area contributed by atoms with Gasteiger partial charge in [0.2, 0.25) is 0 Å². The molecule has 12 nitrogen and oxygen atoms in total. The monoisotopic (exact) mass is 598 g/mol. The second-order valence-corrected chi connectivity index (χ2v) is 9.48.